The molecule has 4 rings (SSSR count). The van der Waals surface area contributed by atoms with Crippen LogP contribution in [-0.4, -0.2) is 22.6 Å². The van der Waals surface area contributed by atoms with Crippen molar-refractivity contribution in [3.63, 3.8) is 0 Å². The average Bonchev–Trinajstić information content (AvgIpc) is 3.23. The zero-order chi connectivity index (χ0) is 23.1. The van der Waals surface area contributed by atoms with Gasteiger partial charge in [-0.25, -0.2) is 0 Å². The van der Waals surface area contributed by atoms with E-state index in [-0.39, 0.29) is 0 Å². The Morgan fingerprint density at radius 2 is 1.84 bits per heavy atom. The van der Waals surface area contributed by atoms with Crippen LogP contribution in [0.3, 0.4) is 0 Å². The van der Waals surface area contributed by atoms with E-state index in [4.69, 9.17) is 17.3 Å². The molecule has 32 heavy (non-hydrogen) atoms. The molecule has 0 radical (unpaired) electrons. The van der Waals surface area contributed by atoms with E-state index in [1.807, 2.05) is 54.8 Å². The Morgan fingerprint density at radius 1 is 1.19 bits per heavy atom. The minimum Gasteiger partial charge on any atom is -0.390 e. The number of allylic oxidation sites excluding steroid dienone is 3. The maximum atomic E-state index is 10.2. The number of aliphatic hydroxyl groups is 1. The molecule has 1 saturated carbocycles. The number of aliphatic imine (C=N–C) groups is 1. The summed E-state index contributed by atoms with van der Waals surface area (Å²) in [5.74, 6) is 5.51. The van der Waals surface area contributed by atoms with Gasteiger partial charge in [-0.2, -0.15) is 5.10 Å². The molecule has 1 fully saturated rings. The van der Waals surface area contributed by atoms with Crippen LogP contribution < -0.4 is 17.3 Å². The number of hydrogen-bond donors (Lipinski definition) is 4. The summed E-state index contributed by atoms with van der Waals surface area (Å²) in [6.07, 6.45) is 6.53. The molecular formula is C25H29N5OS. The Kier molecular flexibility index (Phi) is 5.55. The van der Waals surface area contributed by atoms with Crippen LogP contribution in [0.4, 0.5) is 0 Å². The van der Waals surface area contributed by atoms with E-state index in [1.54, 1.807) is 30.6 Å². The molecule has 1 aliphatic heterocycles. The highest BCUT2D eigenvalue weighted by molar-refractivity contribution is 7.11. The first kappa shape index (κ1) is 22.4. The molecule has 6 nitrogen and oxygen atoms in total. The molecule has 0 bridgehead atoms. The van der Waals surface area contributed by atoms with Gasteiger partial charge in [0.2, 0.25) is 0 Å². The Morgan fingerprint density at radius 3 is 2.41 bits per heavy atom. The first-order valence-corrected chi connectivity index (χ1v) is 11.3. The van der Waals surface area contributed by atoms with Crippen molar-refractivity contribution >= 4 is 28.8 Å². The number of benzene rings is 1. The van der Waals surface area contributed by atoms with E-state index >= 15 is 0 Å². The Labute approximate surface area is 192 Å². The van der Waals surface area contributed by atoms with Crippen LogP contribution >= 0.6 is 11.3 Å². The summed E-state index contributed by atoms with van der Waals surface area (Å²) in [4.78, 5) is 5.70. The molecule has 1 aliphatic carbocycles. The molecule has 1 unspecified atom stereocenters. The van der Waals surface area contributed by atoms with E-state index in [0.29, 0.717) is 24.3 Å². The van der Waals surface area contributed by atoms with Crippen LogP contribution in [0.25, 0.3) is 5.57 Å². The van der Waals surface area contributed by atoms with Gasteiger partial charge in [0.25, 0.3) is 0 Å². The number of thiophene rings is 1. The molecule has 1 aromatic heterocycles. The van der Waals surface area contributed by atoms with Crippen molar-refractivity contribution in [2.75, 3.05) is 0 Å². The van der Waals surface area contributed by atoms with Crippen molar-refractivity contribution in [3.8, 4) is 0 Å². The highest BCUT2D eigenvalue weighted by atomic mass is 32.1. The molecule has 166 valence electrons. The van der Waals surface area contributed by atoms with E-state index < -0.39 is 16.7 Å². The van der Waals surface area contributed by atoms with Gasteiger partial charge in [-0.1, -0.05) is 36.9 Å². The molecule has 1 aromatic carbocycles. The van der Waals surface area contributed by atoms with Crippen LogP contribution in [0.15, 0.2) is 81.9 Å². The monoisotopic (exact) mass is 447 g/mol. The topological polar surface area (TPSA) is 123 Å². The van der Waals surface area contributed by atoms with Crippen LogP contribution in [0.2, 0.25) is 0 Å². The van der Waals surface area contributed by atoms with Crippen molar-refractivity contribution < 1.29 is 5.11 Å². The highest BCUT2D eigenvalue weighted by Crippen LogP contribution is 2.48. The van der Waals surface area contributed by atoms with E-state index in [9.17, 15) is 5.11 Å². The molecule has 7 N–H and O–H groups in total. The molecule has 0 saturated heterocycles. The molecular weight excluding hydrogens is 418 g/mol. The van der Waals surface area contributed by atoms with E-state index in [0.717, 1.165) is 27.2 Å². The zero-order valence-electron chi connectivity index (χ0n) is 18.4. The summed E-state index contributed by atoms with van der Waals surface area (Å²) in [7, 11) is 0. The van der Waals surface area contributed by atoms with Gasteiger partial charge < -0.3 is 22.4 Å². The quantitative estimate of drug-likeness (QED) is 0.325. The van der Waals surface area contributed by atoms with Gasteiger partial charge in [-0.3, -0.25) is 4.99 Å². The zero-order valence-corrected chi connectivity index (χ0v) is 19.2. The third-order valence-electron chi connectivity index (χ3n) is 6.17. The summed E-state index contributed by atoms with van der Waals surface area (Å²) in [5.41, 5.74) is 16.2. The minimum atomic E-state index is -1.06. The fourth-order valence-corrected chi connectivity index (χ4v) is 5.50. The number of hydrazone groups is 1. The fraction of sp³-hybridized carbons (Fsp3) is 0.280. The molecule has 2 aromatic rings. The fourth-order valence-electron chi connectivity index (χ4n) is 4.69. The van der Waals surface area contributed by atoms with Crippen molar-refractivity contribution in [3.05, 3.63) is 87.8 Å². The average molecular weight is 448 g/mol. The molecule has 7 heteroatoms. The van der Waals surface area contributed by atoms with Crippen LogP contribution in [-0.2, 0) is 11.1 Å². The van der Waals surface area contributed by atoms with Gasteiger partial charge in [0.15, 0.2) is 0 Å². The lowest BCUT2D eigenvalue weighted by Crippen LogP contribution is -2.58. The second-order valence-electron chi connectivity index (χ2n) is 9.06. The minimum absolute atomic E-state index is 0.523. The van der Waals surface area contributed by atoms with Gasteiger partial charge in [0.05, 0.1) is 17.0 Å². The Hall–Kier alpha value is -2.84. The second kappa shape index (κ2) is 7.94. The number of nitrogens with two attached hydrogens (primary N) is 3. The van der Waals surface area contributed by atoms with E-state index in [1.165, 1.54) is 0 Å². The van der Waals surface area contributed by atoms with Crippen LogP contribution in [0, 0.1) is 0 Å². The predicted molar refractivity (Wildman–Crippen MR) is 133 cm³/mol. The molecule has 0 amide bonds. The van der Waals surface area contributed by atoms with Crippen molar-refractivity contribution in [1.82, 2.24) is 0 Å². The lowest BCUT2D eigenvalue weighted by atomic mass is 9.63. The number of nitrogens with zero attached hydrogens (tertiary/aromatic N) is 2. The van der Waals surface area contributed by atoms with E-state index in [2.05, 4.69) is 16.7 Å². The Bertz CT molecular complexity index is 1150. The first-order chi connectivity index (χ1) is 15.1. The smallest absolute Gasteiger partial charge is 0.111 e. The van der Waals surface area contributed by atoms with Gasteiger partial charge >= 0.3 is 0 Å². The number of hydrogen-bond acceptors (Lipinski definition) is 7. The first-order valence-electron chi connectivity index (χ1n) is 10.4. The number of rotatable bonds is 4. The standard InChI is InChI=1S/C25H29N5OS/c1-16-11-20(21-5-4-10-32-21)25(27,22(29-13-16)12-17(2)30-28)19-8-6-18(7-9-19)24(26)14-23(3,31)15-24/h4-13,31H,1,14-15,26-28H2,2-3H3/b22-12?,30-17-/t23-,24-,25?. The maximum Gasteiger partial charge on any atom is 0.111 e. The molecule has 2 aliphatic rings. The molecule has 2 heterocycles. The van der Waals surface area contributed by atoms with Gasteiger partial charge in [0, 0.05) is 22.2 Å². The van der Waals surface area contributed by atoms with Gasteiger partial charge in [-0.05, 0) is 67.0 Å². The highest BCUT2D eigenvalue weighted by Gasteiger charge is 2.49. The third kappa shape index (κ3) is 3.89. The largest absolute Gasteiger partial charge is 0.390 e. The predicted octanol–water partition coefficient (Wildman–Crippen LogP) is 3.54. The summed E-state index contributed by atoms with van der Waals surface area (Å²) < 4.78 is 0. The Balaban J connectivity index is 1.86. The third-order valence-corrected chi connectivity index (χ3v) is 7.07. The van der Waals surface area contributed by atoms with Crippen molar-refractivity contribution in [2.24, 2.45) is 27.4 Å². The van der Waals surface area contributed by atoms with Crippen molar-refractivity contribution in [1.29, 1.82) is 0 Å². The van der Waals surface area contributed by atoms with Gasteiger partial charge in [0.1, 0.15) is 5.54 Å². The maximum absolute atomic E-state index is 10.2. The molecule has 1 atom stereocenters. The second-order valence-corrected chi connectivity index (χ2v) is 10.0. The van der Waals surface area contributed by atoms with Crippen molar-refractivity contribution in [2.45, 2.75) is 43.4 Å². The van der Waals surface area contributed by atoms with Gasteiger partial charge in [-0.15, -0.1) is 11.3 Å². The lowest BCUT2D eigenvalue weighted by molar-refractivity contribution is -0.0738. The summed E-state index contributed by atoms with van der Waals surface area (Å²) in [6.45, 7) is 7.73. The summed E-state index contributed by atoms with van der Waals surface area (Å²) in [5, 5.41) is 16.0. The lowest BCUT2D eigenvalue weighted by Gasteiger charge is -2.50. The molecule has 0 spiro atoms. The summed E-state index contributed by atoms with van der Waals surface area (Å²) in [6, 6.07) is 12.0. The SMILES string of the molecule is C=C1C=NC(=C/C(C)=N\N)C(N)(c2ccc([C@]3(N)C[C@](C)(O)C3)cc2)C(c2cccs2)=C1. The summed E-state index contributed by atoms with van der Waals surface area (Å²) >= 11 is 1.61. The van der Waals surface area contributed by atoms with Crippen LogP contribution in [0.5, 0.6) is 0 Å². The van der Waals surface area contributed by atoms with Crippen LogP contribution in [0.1, 0.15) is 42.7 Å². The normalized spacial score (nSPS) is 31.9.